The van der Waals surface area contributed by atoms with E-state index in [2.05, 4.69) is 20.9 Å². The Morgan fingerprint density at radius 3 is 2.75 bits per heavy atom. The molecule has 0 radical (unpaired) electrons. The first-order chi connectivity index (χ1) is 9.45. The van der Waals surface area contributed by atoms with Crippen LogP contribution in [0.5, 0.6) is 11.6 Å². The van der Waals surface area contributed by atoms with Crippen LogP contribution in [0.25, 0.3) is 0 Å². The second-order valence-electron chi connectivity index (χ2n) is 4.82. The van der Waals surface area contributed by atoms with Gasteiger partial charge < -0.3 is 10.5 Å². The van der Waals surface area contributed by atoms with Crippen LogP contribution in [0.15, 0.2) is 34.9 Å². The summed E-state index contributed by atoms with van der Waals surface area (Å²) in [5, 5.41) is 0. The summed E-state index contributed by atoms with van der Waals surface area (Å²) in [5.74, 6) is 0.717. The van der Waals surface area contributed by atoms with Crippen molar-refractivity contribution in [2.45, 2.75) is 26.3 Å². The summed E-state index contributed by atoms with van der Waals surface area (Å²) in [6.07, 6.45) is 2.53. The number of aryl methyl sites for hydroxylation is 1. The van der Waals surface area contributed by atoms with Crippen molar-refractivity contribution in [3.63, 3.8) is 0 Å². The molecule has 0 aliphatic carbocycles. The van der Waals surface area contributed by atoms with Crippen molar-refractivity contribution in [2.75, 3.05) is 0 Å². The first kappa shape index (κ1) is 14.9. The molecule has 1 aromatic heterocycles. The van der Waals surface area contributed by atoms with Crippen LogP contribution in [0.4, 0.5) is 4.39 Å². The third-order valence-corrected chi connectivity index (χ3v) is 3.36. The zero-order valence-corrected chi connectivity index (χ0v) is 12.9. The van der Waals surface area contributed by atoms with Gasteiger partial charge in [-0.15, -0.1) is 0 Å². The number of aromatic nitrogens is 1. The molecule has 3 nitrogen and oxygen atoms in total. The van der Waals surface area contributed by atoms with E-state index >= 15 is 0 Å². The molecule has 2 aromatic rings. The van der Waals surface area contributed by atoms with E-state index in [0.29, 0.717) is 16.1 Å². The van der Waals surface area contributed by atoms with Gasteiger partial charge >= 0.3 is 0 Å². The van der Waals surface area contributed by atoms with E-state index in [0.717, 1.165) is 17.5 Å². The highest BCUT2D eigenvalue weighted by molar-refractivity contribution is 9.10. The maximum absolute atomic E-state index is 13.0. The zero-order chi connectivity index (χ0) is 14.7. The molecule has 1 atom stereocenters. The summed E-state index contributed by atoms with van der Waals surface area (Å²) in [6.45, 7) is 3.87. The summed E-state index contributed by atoms with van der Waals surface area (Å²) < 4.78 is 19.3. The van der Waals surface area contributed by atoms with Crippen LogP contribution < -0.4 is 10.5 Å². The lowest BCUT2D eigenvalue weighted by atomic mass is 10.1. The highest BCUT2D eigenvalue weighted by atomic mass is 79.9. The van der Waals surface area contributed by atoms with Crippen molar-refractivity contribution < 1.29 is 9.13 Å². The molecule has 0 spiro atoms. The van der Waals surface area contributed by atoms with Gasteiger partial charge in [0.05, 0.1) is 4.47 Å². The first-order valence-corrected chi connectivity index (χ1v) is 7.09. The predicted molar refractivity (Wildman–Crippen MR) is 80.5 cm³/mol. The van der Waals surface area contributed by atoms with Crippen LogP contribution in [-0.2, 0) is 6.42 Å². The third kappa shape index (κ3) is 3.77. The van der Waals surface area contributed by atoms with Gasteiger partial charge in [-0.25, -0.2) is 9.37 Å². The van der Waals surface area contributed by atoms with Crippen molar-refractivity contribution in [3.05, 3.63) is 51.9 Å². The fourth-order valence-corrected chi connectivity index (χ4v) is 2.30. The van der Waals surface area contributed by atoms with E-state index in [1.165, 1.54) is 12.1 Å². The molecule has 5 heteroatoms. The molecule has 2 N–H and O–H groups in total. The molecule has 0 aliphatic rings. The number of benzene rings is 1. The Labute approximate surface area is 126 Å². The molecule has 1 aromatic carbocycles. The van der Waals surface area contributed by atoms with Gasteiger partial charge in [0, 0.05) is 17.8 Å². The monoisotopic (exact) mass is 338 g/mol. The van der Waals surface area contributed by atoms with Gasteiger partial charge in [-0.3, -0.25) is 0 Å². The Bertz CT molecular complexity index is 617. The van der Waals surface area contributed by atoms with Gasteiger partial charge in [0.25, 0.3) is 0 Å². The molecule has 2 rings (SSSR count). The minimum atomic E-state index is -0.318. The van der Waals surface area contributed by atoms with Crippen LogP contribution in [0.1, 0.15) is 18.1 Å². The quantitative estimate of drug-likeness (QED) is 0.917. The van der Waals surface area contributed by atoms with E-state index in [1.807, 2.05) is 19.9 Å². The van der Waals surface area contributed by atoms with Crippen LogP contribution in [0, 0.1) is 12.7 Å². The molecule has 0 saturated heterocycles. The van der Waals surface area contributed by atoms with E-state index in [-0.39, 0.29) is 11.9 Å². The minimum absolute atomic E-state index is 0.0919. The highest BCUT2D eigenvalue weighted by Gasteiger charge is 2.09. The molecule has 0 aliphatic heterocycles. The summed E-state index contributed by atoms with van der Waals surface area (Å²) in [6, 6.07) is 6.36. The fraction of sp³-hybridized carbons (Fsp3) is 0.267. The second kappa shape index (κ2) is 6.33. The molecule has 1 unspecified atom stereocenters. The van der Waals surface area contributed by atoms with Gasteiger partial charge in [-0.05, 0) is 66.0 Å². The third-order valence-electron chi connectivity index (χ3n) is 2.75. The van der Waals surface area contributed by atoms with Gasteiger partial charge in [0.15, 0.2) is 0 Å². The summed E-state index contributed by atoms with van der Waals surface area (Å²) in [7, 11) is 0. The minimum Gasteiger partial charge on any atom is -0.438 e. The number of nitrogens with two attached hydrogens (primary N) is 1. The normalized spacial score (nSPS) is 12.2. The number of ether oxygens (including phenoxy) is 1. The smallest absolute Gasteiger partial charge is 0.222 e. The summed E-state index contributed by atoms with van der Waals surface area (Å²) in [5.41, 5.74) is 7.76. The van der Waals surface area contributed by atoms with Gasteiger partial charge in [0.1, 0.15) is 11.6 Å². The Morgan fingerprint density at radius 1 is 1.40 bits per heavy atom. The van der Waals surface area contributed by atoms with Gasteiger partial charge in [-0.1, -0.05) is 0 Å². The lowest BCUT2D eigenvalue weighted by molar-refractivity contribution is 0.453. The van der Waals surface area contributed by atoms with E-state index in [1.54, 1.807) is 12.3 Å². The molecule has 0 saturated carbocycles. The highest BCUT2D eigenvalue weighted by Crippen LogP contribution is 2.30. The number of nitrogens with zero attached hydrogens (tertiary/aromatic N) is 1. The van der Waals surface area contributed by atoms with Crippen LogP contribution in [-0.4, -0.2) is 11.0 Å². The molecule has 0 bridgehead atoms. The average molecular weight is 339 g/mol. The Morgan fingerprint density at radius 2 is 2.15 bits per heavy atom. The van der Waals surface area contributed by atoms with Gasteiger partial charge in [-0.2, -0.15) is 0 Å². The topological polar surface area (TPSA) is 48.1 Å². The van der Waals surface area contributed by atoms with Crippen molar-refractivity contribution in [2.24, 2.45) is 5.73 Å². The van der Waals surface area contributed by atoms with Crippen molar-refractivity contribution in [1.82, 2.24) is 4.98 Å². The molecule has 0 fully saturated rings. The largest absolute Gasteiger partial charge is 0.438 e. The maximum atomic E-state index is 13.0. The van der Waals surface area contributed by atoms with Crippen molar-refractivity contribution in [1.29, 1.82) is 0 Å². The number of rotatable bonds is 4. The zero-order valence-electron chi connectivity index (χ0n) is 11.4. The van der Waals surface area contributed by atoms with Crippen molar-refractivity contribution >= 4 is 15.9 Å². The van der Waals surface area contributed by atoms with Crippen molar-refractivity contribution in [3.8, 4) is 11.6 Å². The number of hydrogen-bond acceptors (Lipinski definition) is 3. The molecular formula is C15H16BrFN2O. The maximum Gasteiger partial charge on any atom is 0.222 e. The number of halogens is 2. The Hall–Kier alpha value is -1.46. The first-order valence-electron chi connectivity index (χ1n) is 6.29. The van der Waals surface area contributed by atoms with Crippen LogP contribution in [0.3, 0.4) is 0 Å². The summed E-state index contributed by atoms with van der Waals surface area (Å²) in [4.78, 5) is 4.30. The number of hydrogen-bond donors (Lipinski definition) is 1. The molecule has 0 amide bonds. The predicted octanol–water partition coefficient (Wildman–Crippen LogP) is 3.97. The Kier molecular flexibility index (Phi) is 4.73. The van der Waals surface area contributed by atoms with E-state index in [4.69, 9.17) is 10.5 Å². The van der Waals surface area contributed by atoms with E-state index < -0.39 is 0 Å². The lowest BCUT2D eigenvalue weighted by Crippen LogP contribution is -2.17. The average Bonchev–Trinajstić information content (AvgIpc) is 2.34. The second-order valence-corrected chi connectivity index (χ2v) is 5.68. The molecule has 106 valence electrons. The fourth-order valence-electron chi connectivity index (χ4n) is 1.87. The Balaban J connectivity index is 2.21. The van der Waals surface area contributed by atoms with Gasteiger partial charge in [0.2, 0.25) is 5.88 Å². The van der Waals surface area contributed by atoms with Crippen LogP contribution in [0.2, 0.25) is 0 Å². The molecule has 1 heterocycles. The number of pyridine rings is 1. The standard InChI is InChI=1S/C15H16BrFN2O/c1-9-5-11(6-10(2)18)8-19-15(9)20-14-4-3-12(17)7-13(14)16/h3-5,7-8,10H,6,18H2,1-2H3. The molecular weight excluding hydrogens is 323 g/mol. The SMILES string of the molecule is Cc1cc(CC(C)N)cnc1Oc1ccc(F)cc1Br. The summed E-state index contributed by atoms with van der Waals surface area (Å²) >= 11 is 3.27. The molecule has 20 heavy (non-hydrogen) atoms. The van der Waals surface area contributed by atoms with E-state index in [9.17, 15) is 4.39 Å². The lowest BCUT2D eigenvalue weighted by Gasteiger charge is -2.11. The van der Waals surface area contributed by atoms with Crippen LogP contribution >= 0.6 is 15.9 Å².